The Kier molecular flexibility index (Phi) is 4.07. The van der Waals surface area contributed by atoms with E-state index in [2.05, 4.69) is 12.1 Å². The smallest absolute Gasteiger partial charge is 0.123 e. The van der Waals surface area contributed by atoms with Crippen molar-refractivity contribution in [2.45, 2.75) is 13.5 Å². The van der Waals surface area contributed by atoms with Crippen molar-refractivity contribution >= 4 is 0 Å². The molecule has 0 aliphatic carbocycles. The first-order chi connectivity index (χ1) is 9.19. The summed E-state index contributed by atoms with van der Waals surface area (Å²) in [6.07, 6.45) is 0. The van der Waals surface area contributed by atoms with Crippen LogP contribution < -0.4 is 15.2 Å². The van der Waals surface area contributed by atoms with Crippen LogP contribution in [0.15, 0.2) is 36.4 Å². The Hall–Kier alpha value is -2.00. The quantitative estimate of drug-likeness (QED) is 0.915. The Bertz CT molecular complexity index is 579. The zero-order valence-electron chi connectivity index (χ0n) is 11.6. The first kappa shape index (κ1) is 13.4. The molecule has 0 spiro atoms. The molecule has 0 aliphatic heterocycles. The first-order valence-electron chi connectivity index (χ1n) is 6.21. The molecule has 3 nitrogen and oxygen atoms in total. The third kappa shape index (κ3) is 2.71. The summed E-state index contributed by atoms with van der Waals surface area (Å²) in [5, 5.41) is 0. The van der Waals surface area contributed by atoms with E-state index in [-0.39, 0.29) is 0 Å². The van der Waals surface area contributed by atoms with E-state index < -0.39 is 0 Å². The zero-order chi connectivity index (χ0) is 13.8. The number of aryl methyl sites for hydroxylation is 1. The lowest BCUT2D eigenvalue weighted by Crippen LogP contribution is -2.00. The number of hydrogen-bond acceptors (Lipinski definition) is 3. The van der Waals surface area contributed by atoms with E-state index in [1.54, 1.807) is 14.2 Å². The maximum absolute atomic E-state index is 5.75. The predicted molar refractivity (Wildman–Crippen MR) is 77.6 cm³/mol. The highest BCUT2D eigenvalue weighted by Crippen LogP contribution is 2.29. The van der Waals surface area contributed by atoms with Crippen molar-refractivity contribution in [3.05, 3.63) is 47.5 Å². The van der Waals surface area contributed by atoms with E-state index >= 15 is 0 Å². The van der Waals surface area contributed by atoms with E-state index in [0.29, 0.717) is 6.54 Å². The van der Waals surface area contributed by atoms with Gasteiger partial charge in [0.05, 0.1) is 14.2 Å². The molecular formula is C16H19NO2. The van der Waals surface area contributed by atoms with Crippen LogP contribution in [-0.4, -0.2) is 14.2 Å². The summed E-state index contributed by atoms with van der Waals surface area (Å²) in [5.41, 5.74) is 10.2. The monoisotopic (exact) mass is 257 g/mol. The second-order valence-electron chi connectivity index (χ2n) is 4.42. The lowest BCUT2D eigenvalue weighted by Gasteiger charge is -2.11. The van der Waals surface area contributed by atoms with Crippen LogP contribution in [0.1, 0.15) is 11.1 Å². The average Bonchev–Trinajstić information content (AvgIpc) is 2.46. The maximum Gasteiger partial charge on any atom is 0.123 e. The van der Waals surface area contributed by atoms with Gasteiger partial charge in [0.15, 0.2) is 0 Å². The number of ether oxygens (including phenoxy) is 2. The number of nitrogens with two attached hydrogens (primary N) is 1. The minimum absolute atomic E-state index is 0.464. The van der Waals surface area contributed by atoms with Crippen LogP contribution in [0.4, 0.5) is 0 Å². The van der Waals surface area contributed by atoms with Crippen LogP contribution in [0.5, 0.6) is 11.5 Å². The summed E-state index contributed by atoms with van der Waals surface area (Å²) in [6.45, 7) is 2.50. The molecule has 0 saturated heterocycles. The summed E-state index contributed by atoms with van der Waals surface area (Å²) in [6, 6.07) is 12.2. The van der Waals surface area contributed by atoms with Gasteiger partial charge < -0.3 is 15.2 Å². The summed E-state index contributed by atoms with van der Waals surface area (Å²) in [7, 11) is 3.34. The molecule has 0 atom stereocenters. The van der Waals surface area contributed by atoms with E-state index in [9.17, 15) is 0 Å². The summed E-state index contributed by atoms with van der Waals surface area (Å²) >= 11 is 0. The van der Waals surface area contributed by atoms with Gasteiger partial charge in [0.25, 0.3) is 0 Å². The molecule has 0 bridgehead atoms. The van der Waals surface area contributed by atoms with E-state index in [1.165, 1.54) is 0 Å². The van der Waals surface area contributed by atoms with Gasteiger partial charge in [0, 0.05) is 12.1 Å². The van der Waals surface area contributed by atoms with Crippen molar-refractivity contribution in [2.75, 3.05) is 14.2 Å². The van der Waals surface area contributed by atoms with Gasteiger partial charge in [-0.2, -0.15) is 0 Å². The van der Waals surface area contributed by atoms with Crippen molar-refractivity contribution in [1.29, 1.82) is 0 Å². The van der Waals surface area contributed by atoms with Crippen molar-refractivity contribution in [1.82, 2.24) is 0 Å². The van der Waals surface area contributed by atoms with Crippen LogP contribution in [0.25, 0.3) is 11.1 Å². The van der Waals surface area contributed by atoms with Gasteiger partial charge in [0.2, 0.25) is 0 Å². The van der Waals surface area contributed by atoms with Gasteiger partial charge in [-0.3, -0.25) is 0 Å². The van der Waals surface area contributed by atoms with Gasteiger partial charge >= 0.3 is 0 Å². The molecule has 0 unspecified atom stereocenters. The van der Waals surface area contributed by atoms with Gasteiger partial charge in [-0.25, -0.2) is 0 Å². The van der Waals surface area contributed by atoms with Crippen molar-refractivity contribution in [3.8, 4) is 22.6 Å². The maximum atomic E-state index is 5.75. The number of benzene rings is 2. The van der Waals surface area contributed by atoms with Gasteiger partial charge in [-0.15, -0.1) is 0 Å². The topological polar surface area (TPSA) is 44.5 Å². The van der Waals surface area contributed by atoms with Gasteiger partial charge in [-0.1, -0.05) is 12.1 Å². The van der Waals surface area contributed by atoms with Crippen molar-refractivity contribution in [3.63, 3.8) is 0 Å². The fraction of sp³-hybridized carbons (Fsp3) is 0.250. The van der Waals surface area contributed by atoms with Crippen LogP contribution in [-0.2, 0) is 6.54 Å². The molecule has 3 heteroatoms. The number of rotatable bonds is 4. The first-order valence-corrected chi connectivity index (χ1v) is 6.21. The summed E-state index contributed by atoms with van der Waals surface area (Å²) in [5.74, 6) is 1.73. The third-order valence-electron chi connectivity index (χ3n) is 3.23. The highest BCUT2D eigenvalue weighted by Gasteiger charge is 2.06. The molecule has 0 amide bonds. The highest BCUT2D eigenvalue weighted by atomic mass is 16.5. The van der Waals surface area contributed by atoms with Gasteiger partial charge in [0.1, 0.15) is 11.5 Å². The molecule has 0 heterocycles. The summed E-state index contributed by atoms with van der Waals surface area (Å²) in [4.78, 5) is 0. The molecule has 2 N–H and O–H groups in total. The highest BCUT2D eigenvalue weighted by molar-refractivity contribution is 5.67. The SMILES string of the molecule is COc1ccc(-c2ccc(OC)c(CN)c2)cc1C. The Morgan fingerprint density at radius 2 is 1.47 bits per heavy atom. The zero-order valence-corrected chi connectivity index (χ0v) is 11.6. The molecule has 0 aliphatic rings. The Balaban J connectivity index is 2.44. The standard InChI is InChI=1S/C16H19NO2/c1-11-8-12(4-6-15(11)18-2)13-5-7-16(19-3)14(9-13)10-17/h4-9H,10,17H2,1-3H3. The fourth-order valence-electron chi connectivity index (χ4n) is 2.18. The van der Waals surface area contributed by atoms with Crippen LogP contribution in [0.3, 0.4) is 0 Å². The lowest BCUT2D eigenvalue weighted by molar-refractivity contribution is 0.410. The summed E-state index contributed by atoms with van der Waals surface area (Å²) < 4.78 is 10.6. The normalized spacial score (nSPS) is 10.3. The second-order valence-corrected chi connectivity index (χ2v) is 4.42. The van der Waals surface area contributed by atoms with Crippen molar-refractivity contribution in [2.24, 2.45) is 5.73 Å². The fourth-order valence-corrected chi connectivity index (χ4v) is 2.18. The molecular weight excluding hydrogens is 238 g/mol. The minimum Gasteiger partial charge on any atom is -0.496 e. The van der Waals surface area contributed by atoms with Gasteiger partial charge in [-0.05, 0) is 47.9 Å². The Morgan fingerprint density at radius 3 is 2.00 bits per heavy atom. The predicted octanol–water partition coefficient (Wildman–Crippen LogP) is 3.14. The molecule has 0 radical (unpaired) electrons. The van der Waals surface area contributed by atoms with E-state index in [0.717, 1.165) is 33.8 Å². The van der Waals surface area contributed by atoms with Crippen LogP contribution in [0.2, 0.25) is 0 Å². The number of hydrogen-bond donors (Lipinski definition) is 1. The second kappa shape index (κ2) is 5.76. The lowest BCUT2D eigenvalue weighted by atomic mass is 10.0. The van der Waals surface area contributed by atoms with Crippen molar-refractivity contribution < 1.29 is 9.47 Å². The minimum atomic E-state index is 0.464. The molecule has 0 saturated carbocycles. The molecule has 0 aromatic heterocycles. The van der Waals surface area contributed by atoms with Crippen LogP contribution in [0, 0.1) is 6.92 Å². The molecule has 0 fully saturated rings. The molecule has 19 heavy (non-hydrogen) atoms. The van der Waals surface area contributed by atoms with Crippen LogP contribution >= 0.6 is 0 Å². The van der Waals surface area contributed by atoms with E-state index in [4.69, 9.17) is 15.2 Å². The largest absolute Gasteiger partial charge is 0.496 e. The van der Waals surface area contributed by atoms with E-state index in [1.807, 2.05) is 31.2 Å². The Morgan fingerprint density at radius 1 is 0.895 bits per heavy atom. The molecule has 2 aromatic carbocycles. The Labute approximate surface area is 114 Å². The third-order valence-corrected chi connectivity index (χ3v) is 3.23. The molecule has 100 valence electrons. The number of methoxy groups -OCH3 is 2. The molecule has 2 rings (SSSR count). The molecule has 2 aromatic rings. The average molecular weight is 257 g/mol.